The molecule has 5 rings (SSSR count). The van der Waals surface area contributed by atoms with E-state index in [-0.39, 0.29) is 22.2 Å². The molecule has 0 aliphatic carbocycles. The molecule has 4 aromatic rings. The van der Waals surface area contributed by atoms with Gasteiger partial charge in [0.25, 0.3) is 5.91 Å². The number of carbonyl (C=O) groups is 3. The average Bonchev–Trinajstić information content (AvgIpc) is 3.59. The van der Waals surface area contributed by atoms with Crippen molar-refractivity contribution in [3.63, 3.8) is 0 Å². The maximum absolute atomic E-state index is 13.9. The molecule has 1 aliphatic heterocycles. The molecule has 1 atom stereocenters. The standard InChI is InChI=1S/C30H25N3O6S2/c1-5-14-38-29(37)27-17(3)32-30(41-27)33-23(19-10-9-13-21(15-19)39-20-11-7-6-8-12-20)22(25(35)28(33)36)24(34)26-16(2)31-18(4)40-26/h5-13,15,23,35H,1,14H2,2-4H3. The fraction of sp³-hybridized carbons (Fsp3) is 0.167. The van der Waals surface area contributed by atoms with E-state index in [2.05, 4.69) is 16.5 Å². The highest BCUT2D eigenvalue weighted by atomic mass is 32.1. The lowest BCUT2D eigenvalue weighted by Crippen LogP contribution is -2.31. The Labute approximate surface area is 244 Å². The Bertz CT molecular complexity index is 1710. The van der Waals surface area contributed by atoms with Crippen LogP contribution in [0.15, 0.2) is 78.6 Å². The summed E-state index contributed by atoms with van der Waals surface area (Å²) in [5, 5.41) is 12.0. The molecule has 11 heteroatoms. The topological polar surface area (TPSA) is 119 Å². The van der Waals surface area contributed by atoms with Gasteiger partial charge in [-0.05, 0) is 50.6 Å². The number of hydrogen-bond donors (Lipinski definition) is 1. The first-order valence-corrected chi connectivity index (χ1v) is 14.2. The SMILES string of the molecule is C=CCOC(=O)c1sc(N2C(=O)C(O)=C(C(=O)c3sc(C)nc3C)C2c2cccc(Oc3ccccc3)c2)nc1C. The van der Waals surface area contributed by atoms with Crippen molar-refractivity contribution < 1.29 is 29.0 Å². The van der Waals surface area contributed by atoms with Crippen LogP contribution in [0.2, 0.25) is 0 Å². The average molecular weight is 588 g/mol. The second-order valence-corrected chi connectivity index (χ2v) is 11.3. The van der Waals surface area contributed by atoms with Crippen molar-refractivity contribution in [3.05, 3.63) is 110 Å². The number of thiazole rings is 2. The van der Waals surface area contributed by atoms with Gasteiger partial charge in [0.05, 0.1) is 32.9 Å². The number of ketones is 1. The monoisotopic (exact) mass is 587 g/mol. The lowest BCUT2D eigenvalue weighted by molar-refractivity contribution is -0.117. The van der Waals surface area contributed by atoms with Gasteiger partial charge in [-0.25, -0.2) is 14.8 Å². The van der Waals surface area contributed by atoms with E-state index in [1.54, 1.807) is 57.2 Å². The van der Waals surface area contributed by atoms with E-state index in [0.717, 1.165) is 11.3 Å². The van der Waals surface area contributed by atoms with E-state index in [4.69, 9.17) is 9.47 Å². The molecular weight excluding hydrogens is 562 g/mol. The first-order chi connectivity index (χ1) is 19.7. The molecule has 2 aromatic heterocycles. The normalized spacial score (nSPS) is 14.9. The molecule has 1 amide bonds. The van der Waals surface area contributed by atoms with Gasteiger partial charge in [-0.15, -0.1) is 11.3 Å². The zero-order valence-electron chi connectivity index (χ0n) is 22.4. The minimum Gasteiger partial charge on any atom is -0.503 e. The highest BCUT2D eigenvalue weighted by Gasteiger charge is 2.47. The Balaban J connectivity index is 1.62. The molecule has 2 aromatic carbocycles. The molecule has 0 radical (unpaired) electrons. The van der Waals surface area contributed by atoms with Crippen molar-refractivity contribution in [1.29, 1.82) is 0 Å². The number of benzene rings is 2. The van der Waals surface area contributed by atoms with Crippen LogP contribution in [0.3, 0.4) is 0 Å². The van der Waals surface area contributed by atoms with E-state index in [0.29, 0.717) is 38.3 Å². The van der Waals surface area contributed by atoms with Gasteiger partial charge in [0, 0.05) is 0 Å². The number of anilines is 1. The van der Waals surface area contributed by atoms with Gasteiger partial charge in [-0.1, -0.05) is 54.3 Å². The van der Waals surface area contributed by atoms with Crippen LogP contribution >= 0.6 is 22.7 Å². The highest BCUT2D eigenvalue weighted by Crippen LogP contribution is 2.45. The summed E-state index contributed by atoms with van der Waals surface area (Å²) in [6, 6.07) is 15.0. The summed E-state index contributed by atoms with van der Waals surface area (Å²) < 4.78 is 11.2. The zero-order chi connectivity index (χ0) is 29.3. The Morgan fingerprint density at radius 1 is 1.00 bits per heavy atom. The molecule has 41 heavy (non-hydrogen) atoms. The molecule has 1 unspecified atom stereocenters. The van der Waals surface area contributed by atoms with Gasteiger partial charge in [0.2, 0.25) is 5.78 Å². The number of aryl methyl sites for hydroxylation is 3. The second kappa shape index (κ2) is 11.5. The first kappa shape index (κ1) is 27.9. The number of hydrogen-bond acceptors (Lipinski definition) is 10. The van der Waals surface area contributed by atoms with Crippen molar-refractivity contribution in [2.45, 2.75) is 26.8 Å². The molecule has 0 saturated heterocycles. The fourth-order valence-corrected chi connectivity index (χ4v) is 6.32. The number of amides is 1. The number of carbonyl (C=O) groups excluding carboxylic acids is 3. The van der Waals surface area contributed by atoms with Gasteiger partial charge >= 0.3 is 5.97 Å². The van der Waals surface area contributed by atoms with Gasteiger partial charge in [-0.3, -0.25) is 14.5 Å². The van der Waals surface area contributed by atoms with E-state index in [1.165, 1.54) is 22.3 Å². The van der Waals surface area contributed by atoms with E-state index >= 15 is 0 Å². The molecule has 0 spiro atoms. The number of nitrogens with zero attached hydrogens (tertiary/aromatic N) is 3. The molecular formula is C30H25N3O6S2. The molecule has 1 N–H and O–H groups in total. The van der Waals surface area contributed by atoms with Gasteiger partial charge in [-0.2, -0.15) is 0 Å². The number of para-hydroxylation sites is 1. The number of Topliss-reactive ketones (excluding diaryl/α,β-unsaturated/α-hetero) is 1. The van der Waals surface area contributed by atoms with E-state index in [1.807, 2.05) is 18.2 Å². The quantitative estimate of drug-likeness (QED) is 0.135. The molecule has 3 heterocycles. The number of aliphatic hydroxyl groups excluding tert-OH is 1. The molecule has 0 saturated carbocycles. The van der Waals surface area contributed by atoms with Gasteiger partial charge in [0.1, 0.15) is 23.0 Å². The predicted molar refractivity (Wildman–Crippen MR) is 156 cm³/mol. The number of aliphatic hydroxyl groups is 1. The van der Waals surface area contributed by atoms with Crippen LogP contribution in [-0.2, 0) is 9.53 Å². The van der Waals surface area contributed by atoms with Crippen LogP contribution in [-0.4, -0.2) is 39.3 Å². The third-order valence-electron chi connectivity index (χ3n) is 6.22. The lowest BCUT2D eigenvalue weighted by atomic mass is 9.95. The van der Waals surface area contributed by atoms with Crippen LogP contribution in [0.4, 0.5) is 5.13 Å². The summed E-state index contributed by atoms with van der Waals surface area (Å²) in [5.74, 6) is -1.56. The largest absolute Gasteiger partial charge is 0.503 e. The van der Waals surface area contributed by atoms with Crippen molar-refractivity contribution in [1.82, 2.24) is 9.97 Å². The smallest absolute Gasteiger partial charge is 0.350 e. The van der Waals surface area contributed by atoms with Crippen LogP contribution in [0, 0.1) is 20.8 Å². The second-order valence-electron chi connectivity index (χ2n) is 9.10. The minimum atomic E-state index is -1.06. The van der Waals surface area contributed by atoms with Gasteiger partial charge < -0.3 is 14.6 Å². The summed E-state index contributed by atoms with van der Waals surface area (Å²) in [6.07, 6.45) is 1.45. The van der Waals surface area contributed by atoms with Crippen molar-refractivity contribution in [3.8, 4) is 11.5 Å². The summed E-state index contributed by atoms with van der Waals surface area (Å²) in [7, 11) is 0. The lowest BCUT2D eigenvalue weighted by Gasteiger charge is -2.24. The predicted octanol–water partition coefficient (Wildman–Crippen LogP) is 6.44. The summed E-state index contributed by atoms with van der Waals surface area (Å²) in [6.45, 7) is 8.67. The Hall–Kier alpha value is -4.61. The Morgan fingerprint density at radius 2 is 1.71 bits per heavy atom. The minimum absolute atomic E-state index is 0.0135. The van der Waals surface area contributed by atoms with Crippen molar-refractivity contribution in [2.75, 3.05) is 11.5 Å². The van der Waals surface area contributed by atoms with Crippen molar-refractivity contribution in [2.24, 2.45) is 0 Å². The molecule has 208 valence electrons. The maximum atomic E-state index is 13.9. The number of rotatable bonds is 9. The molecule has 0 fully saturated rings. The molecule has 0 bridgehead atoms. The van der Waals surface area contributed by atoms with E-state index < -0.39 is 29.5 Å². The first-order valence-electron chi connectivity index (χ1n) is 12.5. The number of aromatic nitrogens is 2. The van der Waals surface area contributed by atoms with Crippen molar-refractivity contribution >= 4 is 45.5 Å². The van der Waals surface area contributed by atoms with Crippen LogP contribution in [0.25, 0.3) is 0 Å². The van der Waals surface area contributed by atoms with Crippen LogP contribution < -0.4 is 9.64 Å². The Morgan fingerprint density at radius 3 is 2.39 bits per heavy atom. The summed E-state index contributed by atoms with van der Waals surface area (Å²) in [4.78, 5) is 50.7. The highest BCUT2D eigenvalue weighted by molar-refractivity contribution is 7.17. The number of esters is 1. The number of ether oxygens (including phenoxy) is 2. The van der Waals surface area contributed by atoms with Crippen LogP contribution in [0.1, 0.15) is 47.3 Å². The zero-order valence-corrected chi connectivity index (χ0v) is 24.0. The van der Waals surface area contributed by atoms with Gasteiger partial charge in [0.15, 0.2) is 10.9 Å². The fourth-order valence-electron chi connectivity index (χ4n) is 4.46. The van der Waals surface area contributed by atoms with Crippen LogP contribution in [0.5, 0.6) is 11.5 Å². The Kier molecular flexibility index (Phi) is 7.82. The third-order valence-corrected chi connectivity index (χ3v) is 8.43. The third kappa shape index (κ3) is 5.41. The van der Waals surface area contributed by atoms with E-state index in [9.17, 15) is 19.5 Å². The molecule has 9 nitrogen and oxygen atoms in total. The summed E-state index contributed by atoms with van der Waals surface area (Å²) in [5.41, 5.74) is 1.24. The maximum Gasteiger partial charge on any atom is 0.350 e. The summed E-state index contributed by atoms with van der Waals surface area (Å²) >= 11 is 2.13. The molecule has 1 aliphatic rings.